The average Bonchev–Trinajstić information content (AvgIpc) is 3.53. The van der Waals surface area contributed by atoms with Crippen LogP contribution in [0.2, 0.25) is 0 Å². The van der Waals surface area contributed by atoms with Gasteiger partial charge in [0.15, 0.2) is 0 Å². The number of carbonyl (C=O) groups excluding carboxylic acids is 2. The van der Waals surface area contributed by atoms with Crippen LogP contribution in [0.25, 0.3) is 0 Å². The third kappa shape index (κ3) is 5.75. The van der Waals surface area contributed by atoms with Crippen molar-refractivity contribution in [2.75, 3.05) is 39.4 Å². The Balaban J connectivity index is 1.27. The molecule has 1 unspecified atom stereocenters. The molecule has 0 bridgehead atoms. The summed E-state index contributed by atoms with van der Waals surface area (Å²) in [7, 11) is -3.62. The number of nitrogens with zero attached hydrogens (tertiary/aromatic N) is 2. The summed E-state index contributed by atoms with van der Waals surface area (Å²) in [5.74, 6) is 0.892. The number of ether oxygens (including phenoxy) is 2. The van der Waals surface area contributed by atoms with E-state index in [0.717, 1.165) is 12.8 Å². The van der Waals surface area contributed by atoms with Crippen LogP contribution in [0.5, 0.6) is 5.75 Å². The van der Waals surface area contributed by atoms with Crippen LogP contribution < -0.4 is 10.1 Å². The van der Waals surface area contributed by atoms with Crippen molar-refractivity contribution in [3.8, 4) is 5.75 Å². The number of nitrogens with one attached hydrogen (secondary N) is 1. The van der Waals surface area contributed by atoms with Crippen LogP contribution in [0, 0.1) is 5.92 Å². The van der Waals surface area contributed by atoms with Gasteiger partial charge < -0.3 is 14.4 Å². The third-order valence-electron chi connectivity index (χ3n) is 5.76. The fourth-order valence-electron chi connectivity index (χ4n) is 3.80. The van der Waals surface area contributed by atoms with Crippen LogP contribution in [-0.2, 0) is 19.6 Å². The molecule has 1 atom stereocenters. The highest BCUT2D eigenvalue weighted by Gasteiger charge is 2.31. The molecule has 2 aliphatic heterocycles. The normalized spacial score (nSPS) is 22.6. The van der Waals surface area contributed by atoms with Crippen LogP contribution in [0.15, 0.2) is 29.2 Å². The first-order chi connectivity index (χ1) is 14.9. The summed E-state index contributed by atoms with van der Waals surface area (Å²) < 4.78 is 39.4. The van der Waals surface area contributed by atoms with Crippen molar-refractivity contribution < 1.29 is 27.5 Å². The molecule has 1 aliphatic carbocycles. The molecule has 4 rings (SSSR count). The molecule has 0 aromatic heterocycles. The summed E-state index contributed by atoms with van der Waals surface area (Å²) in [6.07, 6.45) is 4.27. The molecular weight excluding hydrogens is 422 g/mol. The van der Waals surface area contributed by atoms with E-state index < -0.39 is 10.0 Å². The van der Waals surface area contributed by atoms with E-state index in [4.69, 9.17) is 9.47 Å². The number of amides is 3. The van der Waals surface area contributed by atoms with E-state index in [1.165, 1.54) is 22.0 Å². The van der Waals surface area contributed by atoms with E-state index in [2.05, 4.69) is 5.32 Å². The maximum Gasteiger partial charge on any atom is 0.324 e. The number of sulfonamides is 1. The minimum atomic E-state index is -3.62. The average molecular weight is 452 g/mol. The zero-order valence-electron chi connectivity index (χ0n) is 17.5. The van der Waals surface area contributed by atoms with Crippen molar-refractivity contribution in [3.63, 3.8) is 0 Å². The van der Waals surface area contributed by atoms with Gasteiger partial charge in [0, 0.05) is 32.3 Å². The maximum absolute atomic E-state index is 13.1. The predicted octanol–water partition coefficient (Wildman–Crippen LogP) is 1.59. The molecule has 0 spiro atoms. The molecule has 10 heteroatoms. The van der Waals surface area contributed by atoms with Crippen LogP contribution in [0.4, 0.5) is 4.79 Å². The number of imide groups is 1. The molecule has 2 heterocycles. The largest absolute Gasteiger partial charge is 0.493 e. The smallest absolute Gasteiger partial charge is 0.324 e. The van der Waals surface area contributed by atoms with E-state index >= 15 is 0 Å². The zero-order valence-corrected chi connectivity index (χ0v) is 18.3. The lowest BCUT2D eigenvalue weighted by Crippen LogP contribution is -2.43. The van der Waals surface area contributed by atoms with Gasteiger partial charge in [0.1, 0.15) is 12.3 Å². The molecular formula is C21H29N3O6S. The van der Waals surface area contributed by atoms with Crippen LogP contribution in [0.3, 0.4) is 0 Å². The third-order valence-corrected chi connectivity index (χ3v) is 7.62. The van der Waals surface area contributed by atoms with E-state index in [9.17, 15) is 18.0 Å². The lowest BCUT2D eigenvalue weighted by atomic mass is 10.1. The Kier molecular flexibility index (Phi) is 6.78. The first kappa shape index (κ1) is 22.0. The number of piperidine rings is 1. The summed E-state index contributed by atoms with van der Waals surface area (Å²) in [4.78, 5) is 24.4. The number of rotatable bonds is 10. The van der Waals surface area contributed by atoms with Crippen molar-refractivity contribution in [1.82, 2.24) is 14.5 Å². The quantitative estimate of drug-likeness (QED) is 0.428. The molecule has 0 radical (unpaired) electrons. The van der Waals surface area contributed by atoms with Crippen molar-refractivity contribution in [2.45, 2.75) is 43.1 Å². The van der Waals surface area contributed by atoms with Gasteiger partial charge in [0.2, 0.25) is 15.9 Å². The summed E-state index contributed by atoms with van der Waals surface area (Å²) in [5, 5.41) is 2.24. The minimum absolute atomic E-state index is 0.0811. The van der Waals surface area contributed by atoms with Crippen molar-refractivity contribution >= 4 is 22.0 Å². The first-order valence-electron chi connectivity index (χ1n) is 10.9. The van der Waals surface area contributed by atoms with Gasteiger partial charge in [-0.1, -0.05) is 6.07 Å². The molecule has 170 valence electrons. The number of benzene rings is 1. The second-order valence-electron chi connectivity index (χ2n) is 8.36. The Morgan fingerprint density at radius 1 is 1.16 bits per heavy atom. The van der Waals surface area contributed by atoms with Crippen molar-refractivity contribution in [1.29, 1.82) is 0 Å². The SMILES string of the molecule is O=C1CN(CCCOC2CCCN(S(=O)(=O)c3cccc(OCC4CC4)c3)C2)C(=O)N1. The van der Waals surface area contributed by atoms with Crippen molar-refractivity contribution in [3.05, 3.63) is 24.3 Å². The Labute approximate surface area is 182 Å². The number of hydrogen-bond acceptors (Lipinski definition) is 6. The summed E-state index contributed by atoms with van der Waals surface area (Å²) in [5.41, 5.74) is 0. The van der Waals surface area contributed by atoms with Gasteiger partial charge in [-0.3, -0.25) is 10.1 Å². The molecule has 3 fully saturated rings. The van der Waals surface area contributed by atoms with Gasteiger partial charge in [0.25, 0.3) is 0 Å². The number of carbonyl (C=O) groups is 2. The highest BCUT2D eigenvalue weighted by Crippen LogP contribution is 2.30. The van der Waals surface area contributed by atoms with E-state index in [-0.39, 0.29) is 29.5 Å². The van der Waals surface area contributed by atoms with Crippen LogP contribution >= 0.6 is 0 Å². The molecule has 1 saturated carbocycles. The van der Waals surface area contributed by atoms with E-state index in [0.29, 0.717) is 50.9 Å². The molecule has 2 saturated heterocycles. The topological polar surface area (TPSA) is 105 Å². The predicted molar refractivity (Wildman–Crippen MR) is 112 cm³/mol. The molecule has 1 aromatic rings. The standard InChI is InChI=1S/C21H29N3O6S/c25-20-14-23(21(26)22-20)9-3-11-29-18-5-2-10-24(13-18)31(27,28)19-6-1-4-17(12-19)30-15-16-7-8-16/h1,4,6,12,16,18H,2-3,5,7-11,13-15H2,(H,22,25,26). The Morgan fingerprint density at radius 3 is 2.74 bits per heavy atom. The fraction of sp³-hybridized carbons (Fsp3) is 0.619. The molecule has 1 aromatic carbocycles. The van der Waals surface area contributed by atoms with Crippen molar-refractivity contribution in [2.24, 2.45) is 5.92 Å². The van der Waals surface area contributed by atoms with E-state index in [1.807, 2.05) is 0 Å². The van der Waals surface area contributed by atoms with Gasteiger partial charge in [-0.25, -0.2) is 13.2 Å². The van der Waals surface area contributed by atoms with Crippen LogP contribution in [0.1, 0.15) is 32.1 Å². The monoisotopic (exact) mass is 451 g/mol. The first-order valence-corrected chi connectivity index (χ1v) is 12.3. The van der Waals surface area contributed by atoms with E-state index in [1.54, 1.807) is 24.3 Å². The molecule has 9 nitrogen and oxygen atoms in total. The molecule has 3 aliphatic rings. The van der Waals surface area contributed by atoms with Crippen LogP contribution in [-0.4, -0.2) is 75.1 Å². The van der Waals surface area contributed by atoms with Gasteiger partial charge in [0.05, 0.1) is 17.6 Å². The molecule has 3 amide bonds. The molecule has 1 N–H and O–H groups in total. The lowest BCUT2D eigenvalue weighted by molar-refractivity contribution is -0.118. The van der Waals surface area contributed by atoms with Gasteiger partial charge >= 0.3 is 6.03 Å². The summed E-state index contributed by atoms with van der Waals surface area (Å²) in [6.45, 7) is 2.32. The Bertz CT molecular complexity index is 917. The zero-order chi connectivity index (χ0) is 21.8. The second-order valence-corrected chi connectivity index (χ2v) is 10.3. The molecule has 31 heavy (non-hydrogen) atoms. The number of urea groups is 1. The Hall–Kier alpha value is -2.17. The summed E-state index contributed by atoms with van der Waals surface area (Å²) >= 11 is 0. The van der Waals surface area contributed by atoms with Gasteiger partial charge in [-0.05, 0) is 50.2 Å². The minimum Gasteiger partial charge on any atom is -0.493 e. The highest BCUT2D eigenvalue weighted by atomic mass is 32.2. The highest BCUT2D eigenvalue weighted by molar-refractivity contribution is 7.89. The van der Waals surface area contributed by atoms with Gasteiger partial charge in [-0.2, -0.15) is 4.31 Å². The lowest BCUT2D eigenvalue weighted by Gasteiger charge is -2.32. The Morgan fingerprint density at radius 2 is 2.00 bits per heavy atom. The number of hydrogen-bond donors (Lipinski definition) is 1. The summed E-state index contributed by atoms with van der Waals surface area (Å²) in [6, 6.07) is 6.34. The van der Waals surface area contributed by atoms with Gasteiger partial charge in [-0.15, -0.1) is 0 Å². The maximum atomic E-state index is 13.1. The second kappa shape index (κ2) is 9.54. The fourth-order valence-corrected chi connectivity index (χ4v) is 5.35.